The van der Waals surface area contributed by atoms with Crippen LogP contribution in [-0.2, 0) is 4.79 Å². The molecule has 1 fully saturated rings. The lowest BCUT2D eigenvalue weighted by atomic mass is 9.96. The van der Waals surface area contributed by atoms with Crippen LogP contribution in [0.2, 0.25) is 0 Å². The lowest BCUT2D eigenvalue weighted by molar-refractivity contribution is -0.131. The van der Waals surface area contributed by atoms with Gasteiger partial charge in [-0.1, -0.05) is 11.2 Å². The Morgan fingerprint density at radius 1 is 1.21 bits per heavy atom. The molecule has 9 heteroatoms. The minimum Gasteiger partial charge on any atom is -0.342 e. The zero-order valence-electron chi connectivity index (χ0n) is 15.5. The third-order valence-corrected chi connectivity index (χ3v) is 5.75. The molecule has 3 heterocycles. The van der Waals surface area contributed by atoms with Crippen molar-refractivity contribution in [3.8, 4) is 11.4 Å². The van der Waals surface area contributed by atoms with Crippen LogP contribution in [0.4, 0.5) is 4.39 Å². The van der Waals surface area contributed by atoms with Gasteiger partial charge in [0.1, 0.15) is 5.82 Å². The second-order valence-corrected chi connectivity index (χ2v) is 7.73. The fourth-order valence-corrected chi connectivity index (χ4v) is 3.90. The maximum atomic E-state index is 13.1. The number of hydrogen-bond donors (Lipinski definition) is 1. The van der Waals surface area contributed by atoms with Crippen LogP contribution in [0.25, 0.3) is 11.4 Å². The molecule has 0 spiro atoms. The Kier molecular flexibility index (Phi) is 5.66. The molecule has 2 aromatic heterocycles. The monoisotopic (exact) mass is 414 g/mol. The van der Waals surface area contributed by atoms with Gasteiger partial charge in [0.05, 0.1) is 11.4 Å². The molecular formula is C20H19FN4O3S. The number of carbonyl (C=O) groups excluding carboxylic acids is 2. The van der Waals surface area contributed by atoms with Crippen LogP contribution in [0.5, 0.6) is 0 Å². The number of hydrogen-bond acceptors (Lipinski definition) is 6. The van der Waals surface area contributed by atoms with Gasteiger partial charge in [0.15, 0.2) is 0 Å². The summed E-state index contributed by atoms with van der Waals surface area (Å²) < 4.78 is 18.4. The van der Waals surface area contributed by atoms with Crippen LogP contribution in [-0.4, -0.2) is 46.5 Å². The largest absolute Gasteiger partial charge is 0.342 e. The van der Waals surface area contributed by atoms with Crippen molar-refractivity contribution in [2.24, 2.45) is 0 Å². The van der Waals surface area contributed by atoms with Crippen molar-refractivity contribution >= 4 is 23.2 Å². The van der Waals surface area contributed by atoms with Gasteiger partial charge in [0, 0.05) is 24.6 Å². The molecule has 0 bridgehead atoms. The first-order valence-corrected chi connectivity index (χ1v) is 10.2. The highest BCUT2D eigenvalue weighted by Gasteiger charge is 2.27. The smallest absolute Gasteiger partial charge is 0.261 e. The third-order valence-electron chi connectivity index (χ3n) is 4.89. The predicted molar refractivity (Wildman–Crippen MR) is 105 cm³/mol. The molecule has 0 radical (unpaired) electrons. The van der Waals surface area contributed by atoms with Gasteiger partial charge in [-0.25, -0.2) is 4.39 Å². The van der Waals surface area contributed by atoms with E-state index in [1.54, 1.807) is 29.2 Å². The summed E-state index contributed by atoms with van der Waals surface area (Å²) in [5.74, 6) is 0.369. The third kappa shape index (κ3) is 4.51. The van der Waals surface area contributed by atoms with Gasteiger partial charge in [-0.05, 0) is 48.6 Å². The number of carbonyl (C=O) groups is 2. The fraction of sp³-hybridized carbons (Fsp3) is 0.300. The molecule has 29 heavy (non-hydrogen) atoms. The van der Waals surface area contributed by atoms with Crippen LogP contribution in [0.3, 0.4) is 0 Å². The summed E-state index contributed by atoms with van der Waals surface area (Å²) in [6.45, 7) is 1.11. The van der Waals surface area contributed by atoms with E-state index in [1.165, 1.54) is 23.5 Å². The SMILES string of the molecule is O=C(NCC(=O)N1CCC(c2nc(-c3ccc(F)cc3)no2)CC1)c1cccs1. The van der Waals surface area contributed by atoms with Crippen molar-refractivity contribution in [3.63, 3.8) is 0 Å². The van der Waals surface area contributed by atoms with Crippen molar-refractivity contribution in [3.05, 3.63) is 58.4 Å². The van der Waals surface area contributed by atoms with Gasteiger partial charge in [-0.15, -0.1) is 11.3 Å². The van der Waals surface area contributed by atoms with E-state index in [0.717, 1.165) is 0 Å². The van der Waals surface area contributed by atoms with Crippen molar-refractivity contribution in [1.29, 1.82) is 0 Å². The fourth-order valence-electron chi connectivity index (χ4n) is 3.26. The quantitative estimate of drug-likeness (QED) is 0.693. The molecule has 1 N–H and O–H groups in total. The van der Waals surface area contributed by atoms with E-state index in [1.807, 2.05) is 5.38 Å². The molecule has 4 rings (SSSR count). The van der Waals surface area contributed by atoms with Gasteiger partial charge in [0.25, 0.3) is 5.91 Å². The van der Waals surface area contributed by atoms with E-state index in [0.29, 0.717) is 48.1 Å². The summed E-state index contributed by atoms with van der Waals surface area (Å²) in [4.78, 5) is 31.1. The van der Waals surface area contributed by atoms with Crippen LogP contribution < -0.4 is 5.32 Å². The number of rotatable bonds is 5. The lowest BCUT2D eigenvalue weighted by Crippen LogP contribution is -2.43. The molecule has 0 unspecified atom stereocenters. The van der Waals surface area contributed by atoms with E-state index in [-0.39, 0.29) is 30.1 Å². The summed E-state index contributed by atoms with van der Waals surface area (Å²) in [5, 5.41) is 8.47. The van der Waals surface area contributed by atoms with Crippen LogP contribution in [0, 0.1) is 5.82 Å². The van der Waals surface area contributed by atoms with Crippen molar-refractivity contribution < 1.29 is 18.5 Å². The Balaban J connectivity index is 1.28. The maximum Gasteiger partial charge on any atom is 0.261 e. The molecule has 1 aliphatic rings. The Hall–Kier alpha value is -3.07. The van der Waals surface area contributed by atoms with Crippen molar-refractivity contribution in [1.82, 2.24) is 20.4 Å². The number of thiophene rings is 1. The summed E-state index contributed by atoms with van der Waals surface area (Å²) >= 11 is 1.34. The van der Waals surface area contributed by atoms with E-state index >= 15 is 0 Å². The van der Waals surface area contributed by atoms with Crippen LogP contribution in [0.1, 0.15) is 34.3 Å². The molecule has 3 aromatic rings. The molecule has 0 aliphatic carbocycles. The number of piperidine rings is 1. The zero-order valence-corrected chi connectivity index (χ0v) is 16.3. The number of amides is 2. The molecule has 1 aliphatic heterocycles. The Labute approximate surface area is 170 Å². The molecular weight excluding hydrogens is 395 g/mol. The van der Waals surface area contributed by atoms with Crippen LogP contribution >= 0.6 is 11.3 Å². The normalized spacial score (nSPS) is 14.7. The number of nitrogens with one attached hydrogen (secondary N) is 1. The molecule has 0 saturated carbocycles. The second-order valence-electron chi connectivity index (χ2n) is 6.78. The first kappa shape index (κ1) is 19.3. The predicted octanol–water partition coefficient (Wildman–Crippen LogP) is 3.07. The van der Waals surface area contributed by atoms with E-state index < -0.39 is 0 Å². The minimum absolute atomic E-state index is 0.0172. The van der Waals surface area contributed by atoms with E-state index in [4.69, 9.17) is 4.52 Å². The molecule has 1 aromatic carbocycles. The van der Waals surface area contributed by atoms with Gasteiger partial charge >= 0.3 is 0 Å². The average molecular weight is 414 g/mol. The topological polar surface area (TPSA) is 88.3 Å². The summed E-state index contributed by atoms with van der Waals surface area (Å²) in [6, 6.07) is 9.44. The molecule has 0 atom stereocenters. The molecule has 7 nitrogen and oxygen atoms in total. The summed E-state index contributed by atoms with van der Waals surface area (Å²) in [6.07, 6.45) is 1.41. The number of benzene rings is 1. The summed E-state index contributed by atoms with van der Waals surface area (Å²) in [5.41, 5.74) is 0.690. The maximum absolute atomic E-state index is 13.1. The highest BCUT2D eigenvalue weighted by atomic mass is 32.1. The minimum atomic E-state index is -0.318. The molecule has 150 valence electrons. The number of nitrogens with zero attached hydrogens (tertiary/aromatic N) is 3. The first-order chi connectivity index (χ1) is 14.1. The standard InChI is InChI=1S/C20H19FN4O3S/c21-15-5-3-13(4-6-15)18-23-20(28-24-18)14-7-9-25(10-8-14)17(26)12-22-19(27)16-2-1-11-29-16/h1-6,11,14H,7-10,12H2,(H,22,27). The van der Waals surface area contributed by atoms with E-state index in [2.05, 4.69) is 15.5 Å². The molecule has 2 amide bonds. The number of aromatic nitrogens is 2. The van der Waals surface area contributed by atoms with Gasteiger partial charge in [0.2, 0.25) is 17.6 Å². The highest BCUT2D eigenvalue weighted by molar-refractivity contribution is 7.12. The first-order valence-electron chi connectivity index (χ1n) is 9.29. The Bertz CT molecular complexity index is 980. The zero-order chi connectivity index (χ0) is 20.2. The van der Waals surface area contributed by atoms with Gasteiger partial charge in [-0.3, -0.25) is 9.59 Å². The second kappa shape index (κ2) is 8.52. The van der Waals surface area contributed by atoms with Crippen molar-refractivity contribution in [2.45, 2.75) is 18.8 Å². The molecule has 1 saturated heterocycles. The number of likely N-dealkylation sites (tertiary alicyclic amines) is 1. The van der Waals surface area contributed by atoms with Crippen molar-refractivity contribution in [2.75, 3.05) is 19.6 Å². The lowest BCUT2D eigenvalue weighted by Gasteiger charge is -2.30. The highest BCUT2D eigenvalue weighted by Crippen LogP contribution is 2.28. The van der Waals surface area contributed by atoms with Gasteiger partial charge < -0.3 is 14.7 Å². The van der Waals surface area contributed by atoms with E-state index in [9.17, 15) is 14.0 Å². The number of halogens is 1. The summed E-state index contributed by atoms with van der Waals surface area (Å²) in [7, 11) is 0. The van der Waals surface area contributed by atoms with Crippen LogP contribution in [0.15, 0.2) is 46.3 Å². The average Bonchev–Trinajstić information content (AvgIpc) is 3.45. The van der Waals surface area contributed by atoms with Gasteiger partial charge in [-0.2, -0.15) is 4.98 Å². The Morgan fingerprint density at radius 3 is 2.66 bits per heavy atom. The Morgan fingerprint density at radius 2 is 1.97 bits per heavy atom.